The molecule has 1 saturated heterocycles. The van der Waals surface area contributed by atoms with E-state index in [4.69, 9.17) is 0 Å². The van der Waals surface area contributed by atoms with E-state index in [2.05, 4.69) is 100 Å². The minimum absolute atomic E-state index is 0.116. The van der Waals surface area contributed by atoms with Gasteiger partial charge in [0.05, 0.1) is 0 Å². The zero-order valence-corrected chi connectivity index (χ0v) is 14.4. The Labute approximate surface area is 135 Å². The number of benzene rings is 2. The van der Waals surface area contributed by atoms with Gasteiger partial charge in [-0.1, -0.05) is 60.7 Å². The number of likely N-dealkylation sites (N-methyl/N-ethyl adjacent to an activating group) is 1. The van der Waals surface area contributed by atoms with Crippen molar-refractivity contribution in [1.29, 1.82) is 0 Å². The highest BCUT2D eigenvalue weighted by Crippen LogP contribution is 2.57. The summed E-state index contributed by atoms with van der Waals surface area (Å²) in [5.41, 5.74) is 3.12. The van der Waals surface area contributed by atoms with Crippen LogP contribution >= 0.6 is 0 Å². The lowest BCUT2D eigenvalue weighted by Crippen LogP contribution is -2.47. The maximum absolute atomic E-state index is 2.56. The van der Waals surface area contributed by atoms with Gasteiger partial charge in [-0.05, 0) is 45.9 Å². The first-order chi connectivity index (χ1) is 10.4. The summed E-state index contributed by atoms with van der Waals surface area (Å²) in [6.07, 6.45) is 0. The van der Waals surface area contributed by atoms with E-state index < -0.39 is 0 Å². The van der Waals surface area contributed by atoms with Crippen LogP contribution in [0.1, 0.15) is 50.7 Å². The summed E-state index contributed by atoms with van der Waals surface area (Å²) < 4.78 is 0. The van der Waals surface area contributed by atoms with Gasteiger partial charge in [0.25, 0.3) is 0 Å². The minimum Gasteiger partial charge on any atom is -0.295 e. The van der Waals surface area contributed by atoms with Gasteiger partial charge in [-0.3, -0.25) is 4.90 Å². The fourth-order valence-corrected chi connectivity index (χ4v) is 4.50. The van der Waals surface area contributed by atoms with Crippen molar-refractivity contribution in [3.63, 3.8) is 0 Å². The van der Waals surface area contributed by atoms with Gasteiger partial charge in [-0.2, -0.15) is 0 Å². The Morgan fingerprint density at radius 3 is 1.27 bits per heavy atom. The van der Waals surface area contributed by atoms with Gasteiger partial charge >= 0.3 is 0 Å². The third-order valence-corrected chi connectivity index (χ3v) is 5.90. The molecule has 1 aliphatic rings. The Morgan fingerprint density at radius 2 is 0.955 bits per heavy atom. The van der Waals surface area contributed by atoms with Crippen LogP contribution in [0.2, 0.25) is 0 Å². The molecule has 0 radical (unpaired) electrons. The second kappa shape index (κ2) is 5.24. The van der Waals surface area contributed by atoms with Crippen LogP contribution in [0.3, 0.4) is 0 Å². The second-order valence-corrected chi connectivity index (χ2v) is 7.64. The number of likely N-dealkylation sites (tertiary alicyclic amines) is 1. The van der Waals surface area contributed by atoms with Crippen molar-refractivity contribution in [2.24, 2.45) is 0 Å². The molecule has 0 spiro atoms. The molecular formula is C21H27N. The maximum atomic E-state index is 2.56. The van der Waals surface area contributed by atoms with Crippen LogP contribution in [0.25, 0.3) is 0 Å². The highest BCUT2D eigenvalue weighted by molar-refractivity contribution is 5.38. The van der Waals surface area contributed by atoms with Gasteiger partial charge in [-0.15, -0.1) is 0 Å². The number of hydrogen-bond acceptors (Lipinski definition) is 1. The van der Waals surface area contributed by atoms with E-state index >= 15 is 0 Å². The zero-order chi connectivity index (χ0) is 16.0. The molecule has 2 atom stereocenters. The van der Waals surface area contributed by atoms with E-state index in [1.807, 2.05) is 0 Å². The van der Waals surface area contributed by atoms with E-state index in [0.717, 1.165) is 0 Å². The first kappa shape index (κ1) is 15.3. The maximum Gasteiger partial charge on any atom is 0.0230 e. The molecule has 0 aliphatic carbocycles. The van der Waals surface area contributed by atoms with Crippen molar-refractivity contribution in [2.75, 3.05) is 7.05 Å². The third-order valence-electron chi connectivity index (χ3n) is 5.90. The van der Waals surface area contributed by atoms with E-state index in [1.54, 1.807) is 0 Å². The quantitative estimate of drug-likeness (QED) is 0.748. The van der Waals surface area contributed by atoms with E-state index in [0.29, 0.717) is 11.8 Å². The predicted molar refractivity (Wildman–Crippen MR) is 94.3 cm³/mol. The van der Waals surface area contributed by atoms with Crippen molar-refractivity contribution in [1.82, 2.24) is 4.90 Å². The zero-order valence-electron chi connectivity index (χ0n) is 14.4. The molecule has 0 aromatic heterocycles. The average molecular weight is 293 g/mol. The van der Waals surface area contributed by atoms with Crippen LogP contribution in [-0.2, 0) is 0 Å². The Bertz CT molecular complexity index is 570. The lowest BCUT2D eigenvalue weighted by Gasteiger charge is -2.39. The van der Waals surface area contributed by atoms with Crippen LogP contribution in [0.15, 0.2) is 60.7 Å². The summed E-state index contributed by atoms with van der Waals surface area (Å²) in [7, 11) is 2.28. The molecule has 2 aromatic carbocycles. The molecule has 3 rings (SSSR count). The van der Waals surface area contributed by atoms with Crippen molar-refractivity contribution < 1.29 is 0 Å². The number of rotatable bonds is 2. The van der Waals surface area contributed by atoms with Crippen LogP contribution in [-0.4, -0.2) is 23.0 Å². The van der Waals surface area contributed by atoms with E-state index in [1.165, 1.54) is 11.1 Å². The van der Waals surface area contributed by atoms with Gasteiger partial charge in [0.1, 0.15) is 0 Å². The molecule has 1 heterocycles. The van der Waals surface area contributed by atoms with Gasteiger partial charge in [0.15, 0.2) is 0 Å². The number of hydrogen-bond donors (Lipinski definition) is 0. The highest BCUT2D eigenvalue weighted by Gasteiger charge is 2.57. The van der Waals surface area contributed by atoms with Crippen molar-refractivity contribution in [3.8, 4) is 0 Å². The standard InChI is InChI=1S/C21H27N/c1-20(2)18(16-12-8-6-9-13-16)19(21(3,4)22(20)5)17-14-10-7-11-15-17/h6-15,18-19H,1-5H3. The first-order valence-electron chi connectivity index (χ1n) is 8.20. The van der Waals surface area contributed by atoms with Gasteiger partial charge in [0.2, 0.25) is 0 Å². The molecule has 0 saturated carbocycles. The second-order valence-electron chi connectivity index (χ2n) is 7.64. The van der Waals surface area contributed by atoms with Crippen LogP contribution in [0.5, 0.6) is 0 Å². The molecule has 2 unspecified atom stereocenters. The van der Waals surface area contributed by atoms with Gasteiger partial charge in [-0.25, -0.2) is 0 Å². The van der Waals surface area contributed by atoms with Crippen LogP contribution in [0.4, 0.5) is 0 Å². The summed E-state index contributed by atoms with van der Waals surface area (Å²) in [5.74, 6) is 0.965. The molecule has 1 heteroatoms. The lowest BCUT2D eigenvalue weighted by atomic mass is 9.70. The van der Waals surface area contributed by atoms with E-state index in [-0.39, 0.29) is 11.1 Å². The fourth-order valence-electron chi connectivity index (χ4n) is 4.50. The van der Waals surface area contributed by atoms with Crippen LogP contribution < -0.4 is 0 Å². The van der Waals surface area contributed by atoms with Crippen molar-refractivity contribution in [3.05, 3.63) is 71.8 Å². The van der Waals surface area contributed by atoms with Gasteiger partial charge < -0.3 is 0 Å². The Morgan fingerprint density at radius 1 is 0.636 bits per heavy atom. The SMILES string of the molecule is CN1C(C)(C)C(c2ccccc2)C(c2ccccc2)C1(C)C. The molecule has 0 N–H and O–H groups in total. The van der Waals surface area contributed by atoms with Crippen molar-refractivity contribution in [2.45, 2.75) is 50.6 Å². The summed E-state index contributed by atoms with van der Waals surface area (Å²) >= 11 is 0. The molecule has 0 bridgehead atoms. The summed E-state index contributed by atoms with van der Waals surface area (Å²) in [5, 5.41) is 0. The smallest absolute Gasteiger partial charge is 0.0230 e. The molecule has 1 nitrogen and oxygen atoms in total. The van der Waals surface area contributed by atoms with E-state index in [9.17, 15) is 0 Å². The van der Waals surface area contributed by atoms with Gasteiger partial charge in [0, 0.05) is 22.9 Å². The predicted octanol–water partition coefficient (Wildman–Crippen LogP) is 5.06. The highest BCUT2D eigenvalue weighted by atomic mass is 15.3. The molecule has 2 aromatic rings. The summed E-state index contributed by atoms with van der Waals surface area (Å²) in [6, 6.07) is 22.0. The first-order valence-corrected chi connectivity index (χ1v) is 8.20. The molecule has 22 heavy (non-hydrogen) atoms. The fraction of sp³-hybridized carbons (Fsp3) is 0.429. The Hall–Kier alpha value is -1.60. The Balaban J connectivity index is 2.18. The minimum atomic E-state index is 0.116. The average Bonchev–Trinajstić information content (AvgIpc) is 2.66. The molecule has 1 fully saturated rings. The Kier molecular flexibility index (Phi) is 3.65. The molecular weight excluding hydrogens is 266 g/mol. The molecule has 0 amide bonds. The molecule has 116 valence electrons. The third kappa shape index (κ3) is 2.19. The normalized spacial score (nSPS) is 27.0. The number of nitrogens with zero attached hydrogens (tertiary/aromatic N) is 1. The topological polar surface area (TPSA) is 3.24 Å². The monoisotopic (exact) mass is 293 g/mol. The lowest BCUT2D eigenvalue weighted by molar-refractivity contribution is 0.106. The van der Waals surface area contributed by atoms with Crippen molar-refractivity contribution >= 4 is 0 Å². The summed E-state index contributed by atoms with van der Waals surface area (Å²) in [6.45, 7) is 9.54. The largest absolute Gasteiger partial charge is 0.295 e. The molecule has 1 aliphatic heterocycles. The summed E-state index contributed by atoms with van der Waals surface area (Å²) in [4.78, 5) is 2.56. The van der Waals surface area contributed by atoms with Crippen LogP contribution in [0, 0.1) is 0 Å².